The number of hydrogen-bond acceptors (Lipinski definition) is 17. The minimum Gasteiger partial charge on any atom is -0.394 e. The number of phosphoric ester groups is 1. The van der Waals surface area contributed by atoms with Crippen LogP contribution in [0.25, 0.3) is 11.2 Å². The number of aliphatic hydroxyl groups excluding tert-OH is 7. The molecule has 0 spiro atoms. The van der Waals surface area contributed by atoms with Crippen molar-refractivity contribution in [3.63, 3.8) is 0 Å². The third kappa shape index (κ3) is 8.63. The molecule has 0 amide bonds. The number of nitrogens with zero attached hydrogens (tertiary/aromatic N) is 3. The molecule has 228 valence electrons. The first-order chi connectivity index (χ1) is 18.4. The van der Waals surface area contributed by atoms with Crippen LogP contribution >= 0.6 is 15.6 Å². The van der Waals surface area contributed by atoms with E-state index in [-0.39, 0.29) is 23.4 Å². The first-order valence-electron chi connectivity index (χ1n) is 10.7. The number of nitrogen functional groups attached to an aromatic ring is 1. The topological polar surface area (TPSA) is 371 Å². The van der Waals surface area contributed by atoms with E-state index in [1.54, 1.807) is 0 Å². The molecular formula is C16H27N5O17P2. The van der Waals surface area contributed by atoms with Crippen molar-refractivity contribution in [2.45, 2.75) is 49.0 Å². The van der Waals surface area contributed by atoms with Crippen molar-refractivity contribution >= 4 is 39.0 Å². The van der Waals surface area contributed by atoms with Crippen molar-refractivity contribution < 1.29 is 77.9 Å². The summed E-state index contributed by atoms with van der Waals surface area (Å²) in [7, 11) is -10.5. The minimum atomic E-state index is -5.32. The minimum absolute atomic E-state index is 0.0258. The number of hydrogen-bond donors (Lipinski definition) is 12. The van der Waals surface area contributed by atoms with E-state index in [1.807, 2.05) is 0 Å². The summed E-state index contributed by atoms with van der Waals surface area (Å²) < 4.78 is 36.6. The lowest BCUT2D eigenvalue weighted by atomic mass is 10.0. The van der Waals surface area contributed by atoms with E-state index in [0.29, 0.717) is 0 Å². The number of phosphoric acid groups is 2. The van der Waals surface area contributed by atoms with Crippen LogP contribution in [-0.4, -0.2) is 132 Å². The van der Waals surface area contributed by atoms with Gasteiger partial charge in [-0.15, -0.1) is 0 Å². The molecule has 0 bridgehead atoms. The second kappa shape index (κ2) is 13.6. The summed E-state index contributed by atoms with van der Waals surface area (Å²) in [6, 6.07) is 0. The molecule has 0 saturated carbocycles. The molecule has 2 aromatic rings. The number of imidazole rings is 1. The summed E-state index contributed by atoms with van der Waals surface area (Å²) in [6.45, 7) is -1.63. The largest absolute Gasteiger partial charge is 0.481 e. The van der Waals surface area contributed by atoms with Crippen molar-refractivity contribution in [2.75, 3.05) is 18.9 Å². The number of aldehydes is 1. The molecule has 2 aromatic heterocycles. The number of ether oxygens (including phenoxy) is 1. The van der Waals surface area contributed by atoms with Crippen molar-refractivity contribution in [3.8, 4) is 0 Å². The van der Waals surface area contributed by atoms with Gasteiger partial charge in [0.2, 0.25) is 5.95 Å². The maximum Gasteiger partial charge on any atom is 0.481 e. The molecule has 3 heterocycles. The molecule has 0 radical (unpaired) electrons. The van der Waals surface area contributed by atoms with Gasteiger partial charge < -0.3 is 65.7 Å². The van der Waals surface area contributed by atoms with Crippen LogP contribution in [0.5, 0.6) is 0 Å². The van der Waals surface area contributed by atoms with Gasteiger partial charge >= 0.3 is 15.6 Å². The Labute approximate surface area is 221 Å². The van der Waals surface area contributed by atoms with Crippen LogP contribution in [0.2, 0.25) is 0 Å². The molecule has 0 aliphatic carbocycles. The van der Waals surface area contributed by atoms with Gasteiger partial charge in [0, 0.05) is 0 Å². The summed E-state index contributed by atoms with van der Waals surface area (Å²) in [6.07, 6.45) is -11.7. The molecular weight excluding hydrogens is 596 g/mol. The number of aromatic nitrogens is 4. The molecule has 1 fully saturated rings. The van der Waals surface area contributed by atoms with Gasteiger partial charge in [-0.05, 0) is 0 Å². The average Bonchev–Trinajstić information content (AvgIpc) is 3.40. The van der Waals surface area contributed by atoms with E-state index in [9.17, 15) is 33.8 Å². The molecule has 24 heteroatoms. The standard InChI is InChI=1S/C10H15N5O11P2.C6H12O6/c11-10-13-7-4(8(18)14-10)12-2-15(7)9-6(17)5(16)3(25-9)1-24-28(22,23)26-27(19,20)21;7-1-3(9)5(11)6(12)4(10)2-8/h2-3,5-6,9,16-17H,1H2,(H,22,23)(H2,19,20,21)(H3,11,13,14,18);1,3-6,8-12H,2H2/t3-,5-,6-,9-;3-,4+,5+,6-/m10/s1. The van der Waals surface area contributed by atoms with Crippen molar-refractivity contribution in [3.05, 3.63) is 16.7 Å². The summed E-state index contributed by atoms with van der Waals surface area (Å²) in [5.41, 5.74) is 4.65. The highest BCUT2D eigenvalue weighted by Crippen LogP contribution is 2.57. The number of carbonyl (C=O) groups excluding carboxylic acids is 1. The third-order valence-corrected chi connectivity index (χ3v) is 7.25. The summed E-state index contributed by atoms with van der Waals surface area (Å²) >= 11 is 0. The fraction of sp³-hybridized carbons (Fsp3) is 0.625. The second-order valence-corrected chi connectivity index (χ2v) is 10.8. The number of aromatic amines is 1. The fourth-order valence-electron chi connectivity index (χ4n) is 3.17. The molecule has 0 aromatic carbocycles. The fourth-order valence-corrected chi connectivity index (χ4v) is 4.77. The van der Waals surface area contributed by atoms with Crippen LogP contribution < -0.4 is 11.3 Å². The summed E-state index contributed by atoms with van der Waals surface area (Å²) in [5, 5.41) is 63.8. The number of rotatable bonds is 11. The molecule has 1 aliphatic rings. The highest BCUT2D eigenvalue weighted by atomic mass is 31.3. The van der Waals surface area contributed by atoms with Crippen LogP contribution in [0.3, 0.4) is 0 Å². The number of aliphatic hydroxyl groups is 7. The maximum absolute atomic E-state index is 11.8. The van der Waals surface area contributed by atoms with Crippen LogP contribution in [0, 0.1) is 0 Å². The Kier molecular flexibility index (Phi) is 11.6. The molecule has 3 rings (SSSR count). The zero-order chi connectivity index (χ0) is 30.6. The zero-order valence-electron chi connectivity index (χ0n) is 19.8. The Bertz CT molecular complexity index is 1300. The Hall–Kier alpha value is -2.24. The number of nitrogens with one attached hydrogen (secondary N) is 1. The quantitative estimate of drug-likeness (QED) is 0.0818. The maximum atomic E-state index is 11.8. The highest BCUT2D eigenvalue weighted by molar-refractivity contribution is 7.60. The zero-order valence-corrected chi connectivity index (χ0v) is 21.6. The van der Waals surface area contributed by atoms with Gasteiger partial charge in [0.15, 0.2) is 23.7 Å². The molecule has 9 atom stereocenters. The molecule has 1 aliphatic heterocycles. The number of carbonyl (C=O) groups is 1. The van der Waals surface area contributed by atoms with Crippen LogP contribution in [0.1, 0.15) is 6.23 Å². The van der Waals surface area contributed by atoms with Crippen molar-refractivity contribution in [1.82, 2.24) is 19.5 Å². The third-order valence-electron chi connectivity index (χ3n) is 5.09. The Morgan fingerprint density at radius 3 is 2.33 bits per heavy atom. The smallest absolute Gasteiger partial charge is 0.394 e. The summed E-state index contributed by atoms with van der Waals surface area (Å²) in [5.74, 6) is -0.233. The van der Waals surface area contributed by atoms with Crippen molar-refractivity contribution in [1.29, 1.82) is 0 Å². The molecule has 22 nitrogen and oxygen atoms in total. The van der Waals surface area contributed by atoms with E-state index >= 15 is 0 Å². The second-order valence-electron chi connectivity index (χ2n) is 8.02. The lowest BCUT2D eigenvalue weighted by molar-refractivity contribution is -0.136. The van der Waals surface area contributed by atoms with Gasteiger partial charge in [-0.3, -0.25) is 18.9 Å². The normalized spacial score (nSPS) is 25.9. The molecule has 13 N–H and O–H groups in total. The number of anilines is 1. The Morgan fingerprint density at radius 1 is 1.15 bits per heavy atom. The SMILES string of the molecule is Nc1nc2c(ncn2[C@@H]2O[C@H](COP(=O)(O)OP(=O)(O)O)[C@@H](O)[C@H]2O)c(=O)[nH]1.O=C[C@H](O)[C@@H](O)[C@@H](O)[C@H](O)CO. The van der Waals surface area contributed by atoms with Crippen molar-refractivity contribution in [2.24, 2.45) is 0 Å². The molecule has 1 unspecified atom stereocenters. The highest BCUT2D eigenvalue weighted by Gasteiger charge is 2.46. The predicted octanol–water partition coefficient (Wildman–Crippen LogP) is -5.83. The monoisotopic (exact) mass is 623 g/mol. The molecule has 1 saturated heterocycles. The average molecular weight is 623 g/mol. The number of fused-ring (bicyclic) bond motifs is 1. The first-order valence-corrected chi connectivity index (χ1v) is 13.7. The van der Waals surface area contributed by atoms with E-state index in [0.717, 1.165) is 10.9 Å². The van der Waals surface area contributed by atoms with Gasteiger partial charge in [-0.1, -0.05) is 0 Å². The van der Waals surface area contributed by atoms with Crippen LogP contribution in [0.15, 0.2) is 11.1 Å². The van der Waals surface area contributed by atoms with Gasteiger partial charge in [-0.25, -0.2) is 14.1 Å². The lowest BCUT2D eigenvalue weighted by Gasteiger charge is -2.22. The van der Waals surface area contributed by atoms with Crippen LogP contribution in [0.4, 0.5) is 5.95 Å². The first kappa shape index (κ1) is 34.0. The van der Waals surface area contributed by atoms with Crippen LogP contribution in [-0.2, 0) is 27.5 Å². The van der Waals surface area contributed by atoms with E-state index in [1.165, 1.54) is 0 Å². The Balaban J connectivity index is 0.000000395. The van der Waals surface area contributed by atoms with Gasteiger partial charge in [0.05, 0.1) is 19.5 Å². The lowest BCUT2D eigenvalue weighted by Crippen LogP contribution is -2.46. The van der Waals surface area contributed by atoms with Gasteiger partial charge in [-0.2, -0.15) is 9.29 Å². The van der Waals surface area contributed by atoms with E-state index < -0.39 is 83.4 Å². The number of H-pyrrole nitrogens is 1. The van der Waals surface area contributed by atoms with E-state index in [4.69, 9.17) is 45.8 Å². The van der Waals surface area contributed by atoms with Gasteiger partial charge in [0.1, 0.15) is 42.7 Å². The Morgan fingerprint density at radius 2 is 1.77 bits per heavy atom. The molecule has 40 heavy (non-hydrogen) atoms. The van der Waals surface area contributed by atoms with E-state index in [2.05, 4.69) is 23.8 Å². The number of nitrogens with two attached hydrogens (primary N) is 1. The summed E-state index contributed by atoms with van der Waals surface area (Å²) in [4.78, 5) is 58.0. The predicted molar refractivity (Wildman–Crippen MR) is 125 cm³/mol. The van der Waals surface area contributed by atoms with Gasteiger partial charge in [0.25, 0.3) is 5.56 Å².